The Morgan fingerprint density at radius 3 is 2.38 bits per heavy atom. The minimum absolute atomic E-state index is 0.845. The van der Waals surface area contributed by atoms with Gasteiger partial charge in [0.1, 0.15) is 5.52 Å². The van der Waals surface area contributed by atoms with Crippen LogP contribution < -0.4 is 0 Å². The summed E-state index contributed by atoms with van der Waals surface area (Å²) in [6.07, 6.45) is 3.38. The minimum Gasteiger partial charge on any atom is -0.463 e. The molecule has 0 saturated heterocycles. The third-order valence-electron chi connectivity index (χ3n) is 1.22. The molecule has 0 spiro atoms. The first-order chi connectivity index (χ1) is 6.47. The van der Waals surface area contributed by atoms with Crippen molar-refractivity contribution in [1.82, 2.24) is 4.98 Å². The van der Waals surface area contributed by atoms with Crippen LogP contribution in [0.4, 0.5) is 0 Å². The molecule has 2 aromatic heterocycles. The van der Waals surface area contributed by atoms with Crippen LogP contribution in [0.2, 0.25) is 0 Å². The van der Waals surface area contributed by atoms with E-state index in [-0.39, 0.29) is 0 Å². The number of furan rings is 1. The average Bonchev–Trinajstić information content (AvgIpc) is 2.71. The number of pyridine rings is 1. The van der Waals surface area contributed by atoms with Crippen LogP contribution in [0, 0.1) is 0 Å². The Bertz CT molecular complexity index is 284. The standard InChI is InChI=1S/C7H5NO.2C2H6/c1-2-7-6(8-4-1)3-5-9-7;2*1-2/h1-5H;2*1-2H3. The molecular weight excluding hydrogens is 162 g/mol. The zero-order chi connectivity index (χ0) is 10.1. The monoisotopic (exact) mass is 179 g/mol. The second-order valence-electron chi connectivity index (χ2n) is 1.81. The highest BCUT2D eigenvalue weighted by Gasteiger charge is 1.91. The Morgan fingerprint density at radius 2 is 1.77 bits per heavy atom. The first kappa shape index (κ1) is 11.7. The van der Waals surface area contributed by atoms with Gasteiger partial charge in [-0.1, -0.05) is 27.7 Å². The summed E-state index contributed by atoms with van der Waals surface area (Å²) in [5, 5.41) is 0. The van der Waals surface area contributed by atoms with E-state index in [1.165, 1.54) is 0 Å². The van der Waals surface area contributed by atoms with Crippen molar-refractivity contribution in [2.45, 2.75) is 27.7 Å². The first-order valence-corrected chi connectivity index (χ1v) is 4.75. The molecular formula is C11H17NO. The third-order valence-corrected chi connectivity index (χ3v) is 1.22. The van der Waals surface area contributed by atoms with Crippen molar-refractivity contribution in [2.24, 2.45) is 0 Å². The van der Waals surface area contributed by atoms with Crippen molar-refractivity contribution in [3.63, 3.8) is 0 Å². The molecule has 0 bridgehead atoms. The Hall–Kier alpha value is -1.31. The summed E-state index contributed by atoms with van der Waals surface area (Å²) >= 11 is 0. The molecule has 2 nitrogen and oxygen atoms in total. The van der Waals surface area contributed by atoms with E-state index < -0.39 is 0 Å². The molecule has 2 aromatic rings. The summed E-state index contributed by atoms with van der Waals surface area (Å²) in [6, 6.07) is 5.59. The van der Waals surface area contributed by atoms with Crippen molar-refractivity contribution in [3.8, 4) is 0 Å². The molecule has 0 saturated carbocycles. The lowest BCUT2D eigenvalue weighted by molar-refractivity contribution is 0.615. The number of hydrogen-bond acceptors (Lipinski definition) is 2. The van der Waals surface area contributed by atoms with Gasteiger partial charge in [-0.2, -0.15) is 0 Å². The van der Waals surface area contributed by atoms with Crippen LogP contribution in [-0.4, -0.2) is 4.98 Å². The quantitative estimate of drug-likeness (QED) is 0.613. The van der Waals surface area contributed by atoms with E-state index in [1.54, 1.807) is 12.5 Å². The molecule has 0 aliphatic carbocycles. The van der Waals surface area contributed by atoms with Gasteiger partial charge in [-0.15, -0.1) is 0 Å². The van der Waals surface area contributed by atoms with Crippen molar-refractivity contribution in [3.05, 3.63) is 30.7 Å². The minimum atomic E-state index is 0.845. The van der Waals surface area contributed by atoms with Gasteiger partial charge in [0.15, 0.2) is 5.58 Å². The lowest BCUT2D eigenvalue weighted by Crippen LogP contribution is -1.66. The fraction of sp³-hybridized carbons (Fsp3) is 0.364. The zero-order valence-electron chi connectivity index (χ0n) is 8.74. The molecule has 0 aliphatic heterocycles. The fourth-order valence-corrected chi connectivity index (χ4v) is 0.799. The van der Waals surface area contributed by atoms with Crippen molar-refractivity contribution >= 4 is 11.1 Å². The van der Waals surface area contributed by atoms with Crippen molar-refractivity contribution in [2.75, 3.05) is 0 Å². The highest BCUT2D eigenvalue weighted by molar-refractivity contribution is 5.71. The number of nitrogens with zero attached hydrogens (tertiary/aromatic N) is 1. The summed E-state index contributed by atoms with van der Waals surface area (Å²) < 4.78 is 5.06. The van der Waals surface area contributed by atoms with Crippen LogP contribution in [0.3, 0.4) is 0 Å². The second-order valence-corrected chi connectivity index (χ2v) is 1.81. The maximum Gasteiger partial charge on any atom is 0.152 e. The number of fused-ring (bicyclic) bond motifs is 1. The van der Waals surface area contributed by atoms with Gasteiger partial charge in [0, 0.05) is 12.3 Å². The highest BCUT2D eigenvalue weighted by atomic mass is 16.3. The van der Waals surface area contributed by atoms with Gasteiger partial charge in [-0.3, -0.25) is 4.98 Å². The molecule has 2 heterocycles. The maximum atomic E-state index is 5.06. The number of rotatable bonds is 0. The molecule has 2 heteroatoms. The average molecular weight is 179 g/mol. The van der Waals surface area contributed by atoms with E-state index in [1.807, 2.05) is 45.9 Å². The summed E-state index contributed by atoms with van der Waals surface area (Å²) in [5.41, 5.74) is 1.76. The molecule has 0 radical (unpaired) electrons. The fourth-order valence-electron chi connectivity index (χ4n) is 0.799. The van der Waals surface area contributed by atoms with Gasteiger partial charge in [0.25, 0.3) is 0 Å². The normalized spacial score (nSPS) is 8.00. The summed E-state index contributed by atoms with van der Waals surface area (Å²) in [6.45, 7) is 8.00. The Morgan fingerprint density at radius 1 is 1.08 bits per heavy atom. The lowest BCUT2D eigenvalue weighted by atomic mass is 10.4. The van der Waals surface area contributed by atoms with Crippen LogP contribution in [0.1, 0.15) is 27.7 Å². The molecule has 0 unspecified atom stereocenters. The van der Waals surface area contributed by atoms with E-state index in [2.05, 4.69) is 4.98 Å². The molecule has 0 atom stereocenters. The van der Waals surface area contributed by atoms with E-state index in [0.29, 0.717) is 0 Å². The summed E-state index contributed by atoms with van der Waals surface area (Å²) in [5.74, 6) is 0. The lowest BCUT2D eigenvalue weighted by Gasteiger charge is -1.80. The van der Waals surface area contributed by atoms with Crippen LogP contribution in [0.15, 0.2) is 35.1 Å². The van der Waals surface area contributed by atoms with Crippen LogP contribution in [-0.2, 0) is 0 Å². The predicted octanol–water partition coefficient (Wildman–Crippen LogP) is 3.88. The smallest absolute Gasteiger partial charge is 0.152 e. The Balaban J connectivity index is 0.000000322. The third kappa shape index (κ3) is 3.28. The second kappa shape index (κ2) is 7.35. The van der Waals surface area contributed by atoms with E-state index in [4.69, 9.17) is 4.42 Å². The molecule has 0 N–H and O–H groups in total. The van der Waals surface area contributed by atoms with Crippen LogP contribution >= 0.6 is 0 Å². The van der Waals surface area contributed by atoms with E-state index in [0.717, 1.165) is 11.1 Å². The molecule has 72 valence electrons. The number of hydrogen-bond donors (Lipinski definition) is 0. The molecule has 2 rings (SSSR count). The van der Waals surface area contributed by atoms with E-state index in [9.17, 15) is 0 Å². The zero-order valence-corrected chi connectivity index (χ0v) is 8.74. The van der Waals surface area contributed by atoms with Crippen molar-refractivity contribution < 1.29 is 4.42 Å². The van der Waals surface area contributed by atoms with Gasteiger partial charge >= 0.3 is 0 Å². The SMILES string of the molecule is CC.CC.c1cnc2ccoc2c1. The van der Waals surface area contributed by atoms with Crippen LogP contribution in [0.25, 0.3) is 11.1 Å². The van der Waals surface area contributed by atoms with Crippen LogP contribution in [0.5, 0.6) is 0 Å². The van der Waals surface area contributed by atoms with Gasteiger partial charge in [-0.05, 0) is 12.1 Å². The molecule has 0 aromatic carbocycles. The van der Waals surface area contributed by atoms with Gasteiger partial charge < -0.3 is 4.42 Å². The topological polar surface area (TPSA) is 26.0 Å². The van der Waals surface area contributed by atoms with E-state index >= 15 is 0 Å². The maximum absolute atomic E-state index is 5.06. The molecule has 0 amide bonds. The molecule has 0 fully saturated rings. The van der Waals surface area contributed by atoms with Gasteiger partial charge in [0.05, 0.1) is 6.26 Å². The molecule has 0 aliphatic rings. The Labute approximate surface area is 79.6 Å². The summed E-state index contributed by atoms with van der Waals surface area (Å²) in [4.78, 5) is 4.05. The molecule has 13 heavy (non-hydrogen) atoms. The van der Waals surface area contributed by atoms with Crippen molar-refractivity contribution in [1.29, 1.82) is 0 Å². The number of aromatic nitrogens is 1. The largest absolute Gasteiger partial charge is 0.463 e. The highest BCUT2D eigenvalue weighted by Crippen LogP contribution is 2.09. The Kier molecular flexibility index (Phi) is 6.60. The predicted molar refractivity (Wildman–Crippen MR) is 56.7 cm³/mol. The van der Waals surface area contributed by atoms with Gasteiger partial charge in [-0.25, -0.2) is 0 Å². The first-order valence-electron chi connectivity index (χ1n) is 4.75. The summed E-state index contributed by atoms with van der Waals surface area (Å²) in [7, 11) is 0. The van der Waals surface area contributed by atoms with Gasteiger partial charge in [0.2, 0.25) is 0 Å².